The van der Waals surface area contributed by atoms with Gasteiger partial charge in [0.1, 0.15) is 10.4 Å². The van der Waals surface area contributed by atoms with Crippen molar-refractivity contribution >= 4 is 22.0 Å². The maximum absolute atomic E-state index is 11.2. The van der Waals surface area contributed by atoms with E-state index < -0.39 is 6.09 Å². The Kier molecular flexibility index (Phi) is 3.43. The number of nitrogens with zero attached hydrogens (tertiary/aromatic N) is 3. The van der Waals surface area contributed by atoms with E-state index in [0.717, 1.165) is 28.7 Å². The van der Waals surface area contributed by atoms with Crippen LogP contribution in [0.2, 0.25) is 0 Å². The van der Waals surface area contributed by atoms with Crippen molar-refractivity contribution < 1.29 is 9.90 Å². The lowest BCUT2D eigenvalue weighted by Gasteiger charge is -2.19. The van der Waals surface area contributed by atoms with Crippen LogP contribution in [0.25, 0.3) is 11.3 Å². The Hall–Kier alpha value is -1.89. The predicted octanol–water partition coefficient (Wildman–Crippen LogP) is 3.05. The van der Waals surface area contributed by atoms with Crippen LogP contribution >= 0.6 is 15.9 Å². The quantitative estimate of drug-likeness (QED) is 0.825. The van der Waals surface area contributed by atoms with Gasteiger partial charge in [-0.25, -0.2) is 14.8 Å². The molecule has 1 aliphatic heterocycles. The van der Waals surface area contributed by atoms with Crippen LogP contribution in [0.3, 0.4) is 0 Å². The van der Waals surface area contributed by atoms with E-state index in [1.807, 2.05) is 12.1 Å². The minimum atomic E-state index is -0.893. The third-order valence-electron chi connectivity index (χ3n) is 3.45. The molecule has 0 spiro atoms. The molecule has 1 saturated heterocycles. The zero-order chi connectivity index (χ0) is 14.1. The zero-order valence-electron chi connectivity index (χ0n) is 10.6. The molecule has 0 saturated carbocycles. The van der Waals surface area contributed by atoms with E-state index in [1.165, 1.54) is 4.90 Å². The molecule has 0 aromatic carbocycles. The average Bonchev–Trinajstić information content (AvgIpc) is 3.08. The summed E-state index contributed by atoms with van der Waals surface area (Å²) in [7, 11) is 0. The molecule has 104 valence electrons. The van der Waals surface area contributed by atoms with Gasteiger partial charge in [-0.1, -0.05) is 0 Å². The van der Waals surface area contributed by atoms with Crippen LogP contribution in [0.15, 0.2) is 29.1 Å². The first-order chi connectivity index (χ1) is 9.65. The summed E-state index contributed by atoms with van der Waals surface area (Å²) in [5.41, 5.74) is 1.77. The Balaban J connectivity index is 1.86. The molecular weight excluding hydrogens is 324 g/mol. The van der Waals surface area contributed by atoms with Gasteiger partial charge in [0.05, 0.1) is 17.9 Å². The molecule has 0 radical (unpaired) electrons. The Morgan fingerprint density at radius 3 is 2.95 bits per heavy atom. The van der Waals surface area contributed by atoms with E-state index in [9.17, 15) is 4.79 Å². The number of halogens is 1. The van der Waals surface area contributed by atoms with E-state index in [-0.39, 0.29) is 6.04 Å². The van der Waals surface area contributed by atoms with E-state index in [4.69, 9.17) is 5.11 Å². The van der Waals surface area contributed by atoms with Crippen LogP contribution in [0.4, 0.5) is 4.79 Å². The molecule has 20 heavy (non-hydrogen) atoms. The Morgan fingerprint density at radius 2 is 2.25 bits per heavy atom. The van der Waals surface area contributed by atoms with Crippen molar-refractivity contribution in [3.63, 3.8) is 0 Å². The van der Waals surface area contributed by atoms with E-state index in [2.05, 4.69) is 30.9 Å². The first-order valence-electron chi connectivity index (χ1n) is 6.31. The number of nitrogens with one attached hydrogen (secondary N) is 1. The summed E-state index contributed by atoms with van der Waals surface area (Å²) < 4.78 is 0.772. The lowest BCUT2D eigenvalue weighted by molar-refractivity contribution is 0.139. The van der Waals surface area contributed by atoms with Crippen molar-refractivity contribution in [3.8, 4) is 11.3 Å². The molecule has 3 heterocycles. The number of likely N-dealkylation sites (tertiary alicyclic amines) is 1. The summed E-state index contributed by atoms with van der Waals surface area (Å²) in [6.07, 6.45) is 4.24. The third kappa shape index (κ3) is 2.40. The second-order valence-corrected chi connectivity index (χ2v) is 5.50. The van der Waals surface area contributed by atoms with Gasteiger partial charge in [-0.05, 0) is 40.9 Å². The average molecular weight is 337 g/mol. The lowest BCUT2D eigenvalue weighted by Crippen LogP contribution is -2.29. The molecule has 1 amide bonds. The standard InChI is InChI=1S/C13H13BrN4O2/c14-11-4-3-8(6-15-11)9-7-16-12(17-9)10-2-1-5-18(10)13(19)20/h3-4,6-7,10H,1-2,5H2,(H,16,17)(H,19,20)/t10-/m0/s1. The smallest absolute Gasteiger partial charge is 0.407 e. The van der Waals surface area contributed by atoms with Gasteiger partial charge in [0.25, 0.3) is 0 Å². The van der Waals surface area contributed by atoms with Crippen LogP contribution in [0, 0.1) is 0 Å². The SMILES string of the molecule is O=C(O)N1CCC[C@H]1c1ncc(-c2ccc(Br)nc2)[nH]1. The number of pyridine rings is 1. The zero-order valence-corrected chi connectivity index (χ0v) is 12.2. The van der Waals surface area contributed by atoms with Gasteiger partial charge in [0.2, 0.25) is 0 Å². The number of hydrogen-bond donors (Lipinski definition) is 2. The molecule has 7 heteroatoms. The van der Waals surface area contributed by atoms with Crippen molar-refractivity contribution in [1.82, 2.24) is 19.9 Å². The van der Waals surface area contributed by atoms with Gasteiger partial charge < -0.3 is 10.1 Å². The fourth-order valence-corrected chi connectivity index (χ4v) is 2.70. The molecule has 2 N–H and O–H groups in total. The van der Waals surface area contributed by atoms with Crippen molar-refractivity contribution in [2.45, 2.75) is 18.9 Å². The molecule has 2 aromatic rings. The number of rotatable bonds is 2. The van der Waals surface area contributed by atoms with Gasteiger partial charge in [-0.15, -0.1) is 0 Å². The number of H-pyrrole nitrogens is 1. The highest BCUT2D eigenvalue weighted by molar-refractivity contribution is 9.10. The van der Waals surface area contributed by atoms with Crippen LogP contribution < -0.4 is 0 Å². The van der Waals surface area contributed by atoms with Crippen molar-refractivity contribution in [2.75, 3.05) is 6.54 Å². The van der Waals surface area contributed by atoms with Crippen molar-refractivity contribution in [1.29, 1.82) is 0 Å². The Morgan fingerprint density at radius 1 is 1.40 bits per heavy atom. The maximum Gasteiger partial charge on any atom is 0.407 e. The number of aromatic nitrogens is 3. The first-order valence-corrected chi connectivity index (χ1v) is 7.11. The predicted molar refractivity (Wildman–Crippen MR) is 76.2 cm³/mol. The lowest BCUT2D eigenvalue weighted by atomic mass is 10.2. The Bertz CT molecular complexity index is 626. The number of aromatic amines is 1. The monoisotopic (exact) mass is 336 g/mol. The molecular formula is C13H13BrN4O2. The minimum Gasteiger partial charge on any atom is -0.465 e. The molecule has 0 unspecified atom stereocenters. The molecule has 2 aromatic heterocycles. The van der Waals surface area contributed by atoms with Gasteiger partial charge in [0, 0.05) is 18.3 Å². The number of carboxylic acid groups (broad SMARTS) is 1. The fraction of sp³-hybridized carbons (Fsp3) is 0.308. The second kappa shape index (κ2) is 5.24. The molecule has 1 aliphatic rings. The Labute approximate surface area is 124 Å². The van der Waals surface area contributed by atoms with Gasteiger partial charge >= 0.3 is 6.09 Å². The number of imidazole rings is 1. The van der Waals surface area contributed by atoms with Gasteiger partial charge in [-0.2, -0.15) is 0 Å². The number of amides is 1. The number of carbonyl (C=O) groups is 1. The highest BCUT2D eigenvalue weighted by Gasteiger charge is 2.31. The fourth-order valence-electron chi connectivity index (χ4n) is 2.47. The van der Waals surface area contributed by atoms with Crippen LogP contribution in [0.5, 0.6) is 0 Å². The molecule has 1 atom stereocenters. The van der Waals surface area contributed by atoms with E-state index >= 15 is 0 Å². The number of hydrogen-bond acceptors (Lipinski definition) is 3. The van der Waals surface area contributed by atoms with Crippen molar-refractivity contribution in [3.05, 3.63) is 35.0 Å². The van der Waals surface area contributed by atoms with Crippen LogP contribution in [0.1, 0.15) is 24.7 Å². The molecule has 6 nitrogen and oxygen atoms in total. The van der Waals surface area contributed by atoms with Crippen LogP contribution in [-0.2, 0) is 0 Å². The summed E-state index contributed by atoms with van der Waals surface area (Å²) in [6, 6.07) is 3.61. The second-order valence-electron chi connectivity index (χ2n) is 4.69. The summed E-state index contributed by atoms with van der Waals surface area (Å²) in [6.45, 7) is 0.565. The van der Waals surface area contributed by atoms with Gasteiger partial charge in [0.15, 0.2) is 0 Å². The third-order valence-corrected chi connectivity index (χ3v) is 3.92. The summed E-state index contributed by atoms with van der Waals surface area (Å²) in [4.78, 5) is 24.3. The van der Waals surface area contributed by atoms with Crippen LogP contribution in [-0.4, -0.2) is 37.6 Å². The normalized spacial score (nSPS) is 18.4. The van der Waals surface area contributed by atoms with Gasteiger partial charge in [-0.3, -0.25) is 4.90 Å². The summed E-state index contributed by atoms with van der Waals surface area (Å²) >= 11 is 3.29. The minimum absolute atomic E-state index is 0.176. The first kappa shape index (κ1) is 13.1. The highest BCUT2D eigenvalue weighted by atomic mass is 79.9. The molecule has 1 fully saturated rings. The molecule has 0 aliphatic carbocycles. The largest absolute Gasteiger partial charge is 0.465 e. The topological polar surface area (TPSA) is 82.1 Å². The molecule has 3 rings (SSSR count). The van der Waals surface area contributed by atoms with E-state index in [1.54, 1.807) is 12.4 Å². The summed E-state index contributed by atoms with van der Waals surface area (Å²) in [5, 5.41) is 9.17. The maximum atomic E-state index is 11.2. The van der Waals surface area contributed by atoms with Crippen molar-refractivity contribution in [2.24, 2.45) is 0 Å². The molecule has 0 bridgehead atoms. The highest BCUT2D eigenvalue weighted by Crippen LogP contribution is 2.31. The summed E-state index contributed by atoms with van der Waals surface area (Å²) in [5.74, 6) is 0.697. The van der Waals surface area contributed by atoms with E-state index in [0.29, 0.717) is 12.4 Å².